The molecule has 0 saturated heterocycles. The summed E-state index contributed by atoms with van der Waals surface area (Å²) in [5.74, 6) is 1.28. The van der Waals surface area contributed by atoms with Crippen molar-refractivity contribution in [2.75, 3.05) is 0 Å². The number of ether oxygens (including phenoxy) is 1. The van der Waals surface area contributed by atoms with Crippen LogP contribution in [0.4, 0.5) is 8.78 Å². The van der Waals surface area contributed by atoms with Crippen molar-refractivity contribution < 1.29 is 13.5 Å². The van der Waals surface area contributed by atoms with Crippen molar-refractivity contribution in [3.05, 3.63) is 95.6 Å². The van der Waals surface area contributed by atoms with Crippen molar-refractivity contribution >= 4 is 0 Å². The van der Waals surface area contributed by atoms with Gasteiger partial charge >= 0.3 is 6.11 Å². The summed E-state index contributed by atoms with van der Waals surface area (Å²) in [5, 5.41) is 0. The number of hydrogen-bond acceptors (Lipinski definition) is 1. The third kappa shape index (κ3) is 7.37. The molecule has 2 aromatic rings. The van der Waals surface area contributed by atoms with Gasteiger partial charge in [0.25, 0.3) is 0 Å². The minimum Gasteiger partial charge on any atom is -0.309 e. The summed E-state index contributed by atoms with van der Waals surface area (Å²) < 4.78 is 35.0. The molecule has 0 amide bonds. The van der Waals surface area contributed by atoms with E-state index in [2.05, 4.69) is 25.7 Å². The van der Waals surface area contributed by atoms with E-state index in [1.54, 1.807) is 19.1 Å². The smallest absolute Gasteiger partial charge is 0.309 e. The molecule has 2 aromatic carbocycles. The molecular weight excluding hydrogens is 414 g/mol. The minimum atomic E-state index is -3.33. The summed E-state index contributed by atoms with van der Waals surface area (Å²) in [6.45, 7) is 7.48. The van der Waals surface area contributed by atoms with Crippen molar-refractivity contribution in [1.29, 1.82) is 0 Å². The SMILES string of the molecule is C=CCCc1ccc(C(C)OC(F)(F)c2ccc(C3CCC(CC/C=C/C)CC3)cc2)cc1. The van der Waals surface area contributed by atoms with E-state index in [0.717, 1.165) is 43.6 Å². The van der Waals surface area contributed by atoms with Crippen molar-refractivity contribution in [2.24, 2.45) is 5.92 Å². The Bertz CT molecular complexity index is 875. The average molecular weight is 453 g/mol. The molecule has 1 aliphatic carbocycles. The van der Waals surface area contributed by atoms with Gasteiger partial charge in [-0.1, -0.05) is 66.8 Å². The zero-order valence-corrected chi connectivity index (χ0v) is 20.1. The molecule has 1 aliphatic rings. The molecule has 1 saturated carbocycles. The summed E-state index contributed by atoms with van der Waals surface area (Å²) in [6.07, 6.45) is 11.2. The first kappa shape index (κ1) is 25.4. The van der Waals surface area contributed by atoms with Gasteiger partial charge in [0.2, 0.25) is 0 Å². The third-order valence-corrected chi connectivity index (χ3v) is 6.95. The van der Waals surface area contributed by atoms with Gasteiger partial charge in [-0.25, -0.2) is 0 Å². The van der Waals surface area contributed by atoms with E-state index in [0.29, 0.717) is 5.92 Å². The van der Waals surface area contributed by atoms with Crippen molar-refractivity contribution in [3.8, 4) is 0 Å². The molecule has 0 heterocycles. The number of allylic oxidation sites excluding steroid dienone is 3. The zero-order valence-electron chi connectivity index (χ0n) is 20.1. The van der Waals surface area contributed by atoms with Crippen LogP contribution in [0.5, 0.6) is 0 Å². The summed E-state index contributed by atoms with van der Waals surface area (Å²) in [5.41, 5.74) is 3.00. The van der Waals surface area contributed by atoms with Gasteiger partial charge in [-0.15, -0.1) is 6.58 Å². The predicted molar refractivity (Wildman–Crippen MR) is 134 cm³/mol. The van der Waals surface area contributed by atoms with Crippen molar-refractivity contribution in [3.63, 3.8) is 0 Å². The quantitative estimate of drug-likeness (QED) is 0.309. The maximum Gasteiger partial charge on any atom is 0.383 e. The Morgan fingerprint density at radius 3 is 2.27 bits per heavy atom. The van der Waals surface area contributed by atoms with Crippen LogP contribution in [-0.4, -0.2) is 0 Å². The second-order valence-corrected chi connectivity index (χ2v) is 9.33. The summed E-state index contributed by atoms with van der Waals surface area (Å²) >= 11 is 0. The zero-order chi connectivity index (χ0) is 23.7. The highest BCUT2D eigenvalue weighted by Gasteiger charge is 2.35. The van der Waals surface area contributed by atoms with Gasteiger partial charge in [0.1, 0.15) is 0 Å². The second kappa shape index (κ2) is 12.3. The van der Waals surface area contributed by atoms with Crippen LogP contribution < -0.4 is 0 Å². The van der Waals surface area contributed by atoms with E-state index >= 15 is 0 Å². The Labute approximate surface area is 198 Å². The molecule has 1 fully saturated rings. The van der Waals surface area contributed by atoms with E-state index in [1.165, 1.54) is 30.4 Å². The molecule has 0 aliphatic heterocycles. The van der Waals surface area contributed by atoms with Gasteiger partial charge in [-0.3, -0.25) is 0 Å². The van der Waals surface area contributed by atoms with Crippen LogP contribution >= 0.6 is 0 Å². The fraction of sp³-hybridized carbons (Fsp3) is 0.467. The number of hydrogen-bond donors (Lipinski definition) is 0. The fourth-order valence-corrected chi connectivity index (χ4v) is 4.81. The molecule has 0 aromatic heterocycles. The molecule has 3 heteroatoms. The maximum atomic E-state index is 14.9. The van der Waals surface area contributed by atoms with Crippen molar-refractivity contribution in [1.82, 2.24) is 0 Å². The first-order valence-electron chi connectivity index (χ1n) is 12.4. The van der Waals surface area contributed by atoms with Crippen LogP contribution in [0, 0.1) is 5.92 Å². The van der Waals surface area contributed by atoms with E-state index in [-0.39, 0.29) is 5.56 Å². The lowest BCUT2D eigenvalue weighted by molar-refractivity contribution is -0.272. The van der Waals surface area contributed by atoms with Crippen LogP contribution in [0.1, 0.15) is 93.1 Å². The van der Waals surface area contributed by atoms with Gasteiger partial charge in [0.05, 0.1) is 11.7 Å². The topological polar surface area (TPSA) is 9.23 Å². The number of halogens is 2. The lowest BCUT2D eigenvalue weighted by Gasteiger charge is -2.29. The average Bonchev–Trinajstić information content (AvgIpc) is 2.83. The first-order valence-corrected chi connectivity index (χ1v) is 12.4. The Hall–Kier alpha value is -2.26. The highest BCUT2D eigenvalue weighted by molar-refractivity contribution is 5.28. The van der Waals surface area contributed by atoms with Gasteiger partial charge in [-0.2, -0.15) is 8.78 Å². The maximum absolute atomic E-state index is 14.9. The molecule has 1 unspecified atom stereocenters. The van der Waals surface area contributed by atoms with Crippen molar-refractivity contribution in [2.45, 2.75) is 83.3 Å². The fourth-order valence-electron chi connectivity index (χ4n) is 4.81. The Morgan fingerprint density at radius 1 is 1.00 bits per heavy atom. The molecule has 0 spiro atoms. The molecular formula is C30H38F2O. The van der Waals surface area contributed by atoms with E-state index in [1.807, 2.05) is 42.5 Å². The number of aryl methyl sites for hydroxylation is 1. The standard InChI is InChI=1S/C30H38F2O/c1-4-6-8-10-25-13-17-27(18-14-25)28-19-21-29(22-20-28)30(31,32)33-23(3)26-15-11-24(12-16-26)9-7-5-2/h4-6,11-12,15-16,19-23,25,27H,2,7-10,13-14,17-18H2,1,3H3/b6-4+. The minimum absolute atomic E-state index is 0.0826. The Kier molecular flexibility index (Phi) is 9.43. The van der Waals surface area contributed by atoms with Gasteiger partial charge in [-0.05, 0) is 93.7 Å². The number of alkyl halides is 2. The lowest BCUT2D eigenvalue weighted by Crippen LogP contribution is -2.20. The molecule has 33 heavy (non-hydrogen) atoms. The van der Waals surface area contributed by atoms with E-state index in [4.69, 9.17) is 4.74 Å². The van der Waals surface area contributed by atoms with Gasteiger partial charge in [0, 0.05) is 0 Å². The predicted octanol–water partition coefficient (Wildman–Crippen LogP) is 9.26. The Morgan fingerprint density at radius 2 is 1.67 bits per heavy atom. The molecule has 3 rings (SSSR count). The van der Waals surface area contributed by atoms with Gasteiger partial charge in [0.15, 0.2) is 0 Å². The number of benzene rings is 2. The van der Waals surface area contributed by atoms with Crippen LogP contribution in [0.3, 0.4) is 0 Å². The summed E-state index contributed by atoms with van der Waals surface area (Å²) in [4.78, 5) is 0. The molecule has 178 valence electrons. The molecule has 0 N–H and O–H groups in total. The van der Waals surface area contributed by atoms with Crippen LogP contribution in [0.2, 0.25) is 0 Å². The monoisotopic (exact) mass is 452 g/mol. The largest absolute Gasteiger partial charge is 0.383 e. The summed E-state index contributed by atoms with van der Waals surface area (Å²) in [6, 6.07) is 14.5. The summed E-state index contributed by atoms with van der Waals surface area (Å²) in [7, 11) is 0. The van der Waals surface area contributed by atoms with E-state index < -0.39 is 12.2 Å². The molecule has 1 atom stereocenters. The van der Waals surface area contributed by atoms with Crippen LogP contribution in [-0.2, 0) is 17.3 Å². The van der Waals surface area contributed by atoms with Crippen LogP contribution in [0.15, 0.2) is 73.3 Å². The van der Waals surface area contributed by atoms with Crippen LogP contribution in [0.25, 0.3) is 0 Å². The highest BCUT2D eigenvalue weighted by Crippen LogP contribution is 2.39. The highest BCUT2D eigenvalue weighted by atomic mass is 19.3. The van der Waals surface area contributed by atoms with E-state index in [9.17, 15) is 8.78 Å². The third-order valence-electron chi connectivity index (χ3n) is 6.95. The number of rotatable bonds is 11. The second-order valence-electron chi connectivity index (χ2n) is 9.33. The molecule has 0 bridgehead atoms. The normalized spacial score (nSPS) is 20.1. The molecule has 1 nitrogen and oxygen atoms in total. The lowest BCUT2D eigenvalue weighted by atomic mass is 9.77. The van der Waals surface area contributed by atoms with Gasteiger partial charge < -0.3 is 4.74 Å². The Balaban J connectivity index is 1.55. The molecule has 0 radical (unpaired) electrons. The first-order chi connectivity index (χ1) is 15.9.